The molecule has 0 saturated heterocycles. The lowest BCUT2D eigenvalue weighted by molar-refractivity contribution is 0.292. The number of aromatic nitrogens is 2. The van der Waals surface area contributed by atoms with Crippen molar-refractivity contribution >= 4 is 28.5 Å². The normalized spacial score (nSPS) is 10.2. The molecule has 6 heteroatoms. The van der Waals surface area contributed by atoms with Gasteiger partial charge in [0.05, 0.1) is 9.26 Å². The fraction of sp³-hybridized carbons (Fsp3) is 0.500. The summed E-state index contributed by atoms with van der Waals surface area (Å²) in [6, 6.07) is 0. The lowest BCUT2D eigenvalue weighted by atomic mass is 10.4. The van der Waals surface area contributed by atoms with Gasteiger partial charge < -0.3 is 10.4 Å². The van der Waals surface area contributed by atoms with Gasteiger partial charge in [-0.25, -0.2) is 4.98 Å². The minimum absolute atomic E-state index is 0.126. The molecule has 1 aromatic rings. The highest BCUT2D eigenvalue weighted by atomic mass is 127. The largest absolute Gasteiger partial charge is 0.396 e. The zero-order valence-corrected chi connectivity index (χ0v) is 9.96. The SMILES string of the molecule is Cc1nc(NCCCO)[nH]c(=O)c1I. The van der Waals surface area contributed by atoms with Crippen molar-refractivity contribution in [2.24, 2.45) is 0 Å². The molecule has 0 unspecified atom stereocenters. The van der Waals surface area contributed by atoms with Crippen molar-refractivity contribution in [1.29, 1.82) is 0 Å². The third-order valence-corrected chi connectivity index (χ3v) is 2.93. The molecule has 0 aliphatic carbocycles. The Labute approximate surface area is 95.1 Å². The van der Waals surface area contributed by atoms with Crippen LogP contribution in [0, 0.1) is 10.5 Å². The summed E-state index contributed by atoms with van der Waals surface area (Å²) in [5.41, 5.74) is 0.574. The fourth-order valence-corrected chi connectivity index (χ4v) is 1.20. The van der Waals surface area contributed by atoms with Gasteiger partial charge in [0.1, 0.15) is 0 Å². The molecule has 1 heterocycles. The van der Waals surface area contributed by atoms with E-state index >= 15 is 0 Å². The number of nitrogens with one attached hydrogen (secondary N) is 2. The lowest BCUT2D eigenvalue weighted by Gasteiger charge is -2.05. The molecule has 1 rings (SSSR count). The summed E-state index contributed by atoms with van der Waals surface area (Å²) in [4.78, 5) is 18.1. The van der Waals surface area contributed by atoms with Gasteiger partial charge in [-0.05, 0) is 35.9 Å². The number of H-pyrrole nitrogens is 1. The maximum Gasteiger partial charge on any atom is 0.265 e. The van der Waals surface area contributed by atoms with Gasteiger partial charge in [0.2, 0.25) is 5.95 Å². The second-order valence-electron chi connectivity index (χ2n) is 2.82. The van der Waals surface area contributed by atoms with Gasteiger partial charge in [0.15, 0.2) is 0 Å². The Hall–Kier alpha value is -0.630. The number of aryl methyl sites for hydroxylation is 1. The van der Waals surface area contributed by atoms with Gasteiger partial charge in [-0.15, -0.1) is 0 Å². The maximum absolute atomic E-state index is 11.3. The topological polar surface area (TPSA) is 78.0 Å². The van der Waals surface area contributed by atoms with Gasteiger partial charge in [0, 0.05) is 13.2 Å². The first-order valence-electron chi connectivity index (χ1n) is 4.26. The second-order valence-corrected chi connectivity index (χ2v) is 3.90. The van der Waals surface area contributed by atoms with Crippen LogP contribution < -0.4 is 10.9 Å². The predicted octanol–water partition coefficient (Wildman–Crippen LogP) is 0.477. The van der Waals surface area contributed by atoms with E-state index in [1.807, 2.05) is 22.6 Å². The molecule has 14 heavy (non-hydrogen) atoms. The van der Waals surface area contributed by atoms with Gasteiger partial charge >= 0.3 is 0 Å². The van der Waals surface area contributed by atoms with Gasteiger partial charge in [-0.3, -0.25) is 9.78 Å². The summed E-state index contributed by atoms with van der Waals surface area (Å²) in [6.45, 7) is 2.51. The number of nitrogens with zero attached hydrogens (tertiary/aromatic N) is 1. The number of halogens is 1. The van der Waals surface area contributed by atoms with Crippen molar-refractivity contribution in [3.63, 3.8) is 0 Å². The molecule has 0 fully saturated rings. The number of aliphatic hydroxyl groups is 1. The molecule has 0 spiro atoms. The van der Waals surface area contributed by atoms with Crippen LogP contribution in [0.2, 0.25) is 0 Å². The average molecular weight is 309 g/mol. The first kappa shape index (κ1) is 11.4. The Balaban J connectivity index is 2.75. The average Bonchev–Trinajstić information content (AvgIpc) is 2.14. The van der Waals surface area contributed by atoms with Crippen molar-refractivity contribution in [3.05, 3.63) is 19.6 Å². The standard InChI is InChI=1S/C8H12IN3O2/c1-5-6(9)7(14)12-8(11-5)10-3-2-4-13/h13H,2-4H2,1H3,(H2,10,11,12,14). The Morgan fingerprint density at radius 1 is 1.64 bits per heavy atom. The fourth-order valence-electron chi connectivity index (χ4n) is 0.941. The van der Waals surface area contributed by atoms with Crippen LogP contribution in [0.3, 0.4) is 0 Å². The zero-order valence-electron chi connectivity index (χ0n) is 7.80. The van der Waals surface area contributed by atoms with E-state index in [1.165, 1.54) is 0 Å². The molecule has 0 bridgehead atoms. The van der Waals surface area contributed by atoms with Crippen LogP contribution in [-0.4, -0.2) is 28.2 Å². The molecule has 0 atom stereocenters. The lowest BCUT2D eigenvalue weighted by Crippen LogP contribution is -2.17. The summed E-state index contributed by atoms with van der Waals surface area (Å²) in [6.07, 6.45) is 0.634. The highest BCUT2D eigenvalue weighted by molar-refractivity contribution is 14.1. The molecule has 0 saturated carbocycles. The van der Waals surface area contributed by atoms with E-state index in [2.05, 4.69) is 15.3 Å². The summed E-state index contributed by atoms with van der Waals surface area (Å²) >= 11 is 1.96. The summed E-state index contributed by atoms with van der Waals surface area (Å²) in [5.74, 6) is 0.460. The van der Waals surface area contributed by atoms with Crippen molar-refractivity contribution < 1.29 is 5.11 Å². The zero-order chi connectivity index (χ0) is 10.6. The Morgan fingerprint density at radius 2 is 2.36 bits per heavy atom. The van der Waals surface area contributed by atoms with Crippen molar-refractivity contribution in [1.82, 2.24) is 9.97 Å². The van der Waals surface area contributed by atoms with Crippen LogP contribution in [0.4, 0.5) is 5.95 Å². The Bertz CT molecular complexity index is 364. The van der Waals surface area contributed by atoms with E-state index in [9.17, 15) is 4.79 Å². The molecular formula is C8H12IN3O2. The number of aromatic amines is 1. The number of hydrogen-bond acceptors (Lipinski definition) is 4. The molecule has 0 aliphatic rings. The molecule has 3 N–H and O–H groups in total. The molecule has 1 aromatic heterocycles. The van der Waals surface area contributed by atoms with E-state index in [0.717, 1.165) is 0 Å². The second kappa shape index (κ2) is 5.30. The molecule has 5 nitrogen and oxygen atoms in total. The highest BCUT2D eigenvalue weighted by Crippen LogP contribution is 2.04. The van der Waals surface area contributed by atoms with Crippen LogP contribution in [0.25, 0.3) is 0 Å². The third-order valence-electron chi connectivity index (χ3n) is 1.66. The predicted molar refractivity (Wildman–Crippen MR) is 62.5 cm³/mol. The summed E-state index contributed by atoms with van der Waals surface area (Å²) in [7, 11) is 0. The first-order valence-corrected chi connectivity index (χ1v) is 5.34. The van der Waals surface area contributed by atoms with Crippen molar-refractivity contribution in [2.75, 3.05) is 18.5 Å². The molecular weight excluding hydrogens is 297 g/mol. The molecule has 0 aromatic carbocycles. The van der Waals surface area contributed by atoms with E-state index in [1.54, 1.807) is 6.92 Å². The third kappa shape index (κ3) is 2.95. The van der Waals surface area contributed by atoms with Gasteiger partial charge in [0.25, 0.3) is 5.56 Å². The summed E-state index contributed by atoms with van der Waals surface area (Å²) in [5, 5.41) is 11.5. The molecule has 0 aliphatic heterocycles. The minimum Gasteiger partial charge on any atom is -0.396 e. The van der Waals surface area contributed by atoms with E-state index in [0.29, 0.717) is 28.2 Å². The van der Waals surface area contributed by atoms with Gasteiger partial charge in [-0.2, -0.15) is 0 Å². The number of anilines is 1. The summed E-state index contributed by atoms with van der Waals surface area (Å²) < 4.78 is 0.607. The monoisotopic (exact) mass is 309 g/mol. The van der Waals surface area contributed by atoms with Crippen LogP contribution in [-0.2, 0) is 0 Å². The highest BCUT2D eigenvalue weighted by Gasteiger charge is 2.03. The first-order chi connectivity index (χ1) is 6.65. The number of rotatable bonds is 4. The number of aliphatic hydroxyl groups excluding tert-OH is 1. The van der Waals surface area contributed by atoms with Crippen LogP contribution in [0.15, 0.2) is 4.79 Å². The maximum atomic E-state index is 11.3. The quantitative estimate of drug-likeness (QED) is 0.558. The molecule has 0 amide bonds. The number of hydrogen-bond donors (Lipinski definition) is 3. The Kier molecular flexibility index (Phi) is 4.33. The van der Waals surface area contributed by atoms with Gasteiger partial charge in [-0.1, -0.05) is 0 Å². The van der Waals surface area contributed by atoms with Crippen molar-refractivity contribution in [2.45, 2.75) is 13.3 Å². The Morgan fingerprint density at radius 3 is 2.93 bits per heavy atom. The van der Waals surface area contributed by atoms with E-state index < -0.39 is 0 Å². The minimum atomic E-state index is -0.135. The smallest absolute Gasteiger partial charge is 0.265 e. The molecule has 0 radical (unpaired) electrons. The van der Waals surface area contributed by atoms with Crippen LogP contribution in [0.1, 0.15) is 12.1 Å². The molecule has 78 valence electrons. The van der Waals surface area contributed by atoms with Crippen molar-refractivity contribution in [3.8, 4) is 0 Å². The van der Waals surface area contributed by atoms with E-state index in [4.69, 9.17) is 5.11 Å². The van der Waals surface area contributed by atoms with Crippen LogP contribution >= 0.6 is 22.6 Å². The van der Waals surface area contributed by atoms with Crippen LogP contribution in [0.5, 0.6) is 0 Å². The van der Waals surface area contributed by atoms with E-state index in [-0.39, 0.29) is 12.2 Å².